The van der Waals surface area contributed by atoms with Crippen LogP contribution in [0.1, 0.15) is 83.6 Å². The van der Waals surface area contributed by atoms with Crippen molar-refractivity contribution in [3.8, 4) is 11.1 Å². The molecule has 0 aliphatic carbocycles. The number of hydrogen-bond acceptors (Lipinski definition) is 2. The van der Waals surface area contributed by atoms with Crippen LogP contribution in [0.15, 0.2) is 65.7 Å². The van der Waals surface area contributed by atoms with Crippen LogP contribution >= 0.6 is 0 Å². The van der Waals surface area contributed by atoms with Gasteiger partial charge in [-0.2, -0.15) is 0 Å². The molecule has 4 nitrogen and oxygen atoms in total. The molecule has 2 aliphatic rings. The number of nitrogens with one attached hydrogen (secondary N) is 1. The van der Waals surface area contributed by atoms with Crippen molar-refractivity contribution in [2.75, 3.05) is 9.80 Å². The first-order chi connectivity index (χ1) is 18.1. The lowest BCUT2D eigenvalue weighted by Gasteiger charge is -2.35. The van der Waals surface area contributed by atoms with Gasteiger partial charge < -0.3 is 9.80 Å². The lowest BCUT2D eigenvalue weighted by molar-refractivity contribution is 0.456. The van der Waals surface area contributed by atoms with E-state index in [0.717, 1.165) is 30.1 Å². The summed E-state index contributed by atoms with van der Waals surface area (Å²) in [5.41, 5.74) is 9.98. The van der Waals surface area contributed by atoms with Crippen LogP contribution in [-0.4, -0.2) is 23.9 Å². The summed E-state index contributed by atoms with van der Waals surface area (Å²) in [5, 5.41) is 9.43. The van der Waals surface area contributed by atoms with Crippen molar-refractivity contribution in [1.82, 2.24) is 0 Å². The topological polar surface area (TPSA) is 42.7 Å². The van der Waals surface area contributed by atoms with Gasteiger partial charge in [-0.15, -0.1) is 0 Å². The van der Waals surface area contributed by atoms with E-state index < -0.39 is 0 Å². The fourth-order valence-corrected chi connectivity index (χ4v) is 6.27. The van der Waals surface area contributed by atoms with Crippen molar-refractivity contribution in [1.29, 1.82) is 5.41 Å². The zero-order valence-corrected chi connectivity index (χ0v) is 24.3. The molecule has 198 valence electrons. The van der Waals surface area contributed by atoms with Crippen molar-refractivity contribution in [2.45, 2.75) is 91.8 Å². The molecule has 1 fully saturated rings. The third-order valence-corrected chi connectivity index (χ3v) is 8.25. The molecule has 3 aromatic rings. The van der Waals surface area contributed by atoms with E-state index in [9.17, 15) is 5.41 Å². The molecular weight excluding hydrogens is 464 g/mol. The zero-order valence-electron chi connectivity index (χ0n) is 24.3. The molecule has 0 aromatic heterocycles. The third kappa shape index (κ3) is 4.05. The zero-order chi connectivity index (χ0) is 27.4. The van der Waals surface area contributed by atoms with Crippen molar-refractivity contribution in [2.24, 2.45) is 4.99 Å². The Hall–Kier alpha value is -3.40. The third-order valence-electron chi connectivity index (χ3n) is 8.25. The summed E-state index contributed by atoms with van der Waals surface area (Å²) in [6, 6.07) is 22.5. The quantitative estimate of drug-likeness (QED) is 0.365. The van der Waals surface area contributed by atoms with E-state index in [0.29, 0.717) is 11.8 Å². The second kappa shape index (κ2) is 9.72. The lowest BCUT2D eigenvalue weighted by atomic mass is 9.80. The molecule has 3 aromatic carbocycles. The molecule has 1 N–H and O–H groups in total. The summed E-state index contributed by atoms with van der Waals surface area (Å²) in [4.78, 5) is 9.56. The maximum absolute atomic E-state index is 9.43. The van der Waals surface area contributed by atoms with Gasteiger partial charge in [0.2, 0.25) is 0 Å². The molecule has 2 heterocycles. The Kier molecular flexibility index (Phi) is 6.71. The van der Waals surface area contributed by atoms with Gasteiger partial charge in [0.15, 0.2) is 11.7 Å². The summed E-state index contributed by atoms with van der Waals surface area (Å²) in [7, 11) is 0. The number of rotatable bonds is 6. The van der Waals surface area contributed by atoms with Gasteiger partial charge in [0.1, 0.15) is 6.17 Å². The molecular formula is C34H42N4. The summed E-state index contributed by atoms with van der Waals surface area (Å²) in [6.45, 7) is 17.8. The Labute approximate surface area is 228 Å². The molecule has 4 heteroatoms. The SMILES string of the molecule is CCc1ccc(N2/C(=N/C(C)C)C(=N)N3c4cc(-c5ccccc5C(C)C)c(CC)cc4C(C)(C)C32)cc1. The normalized spacial score (nSPS) is 19.2. The highest BCUT2D eigenvalue weighted by atomic mass is 15.5. The lowest BCUT2D eigenvalue weighted by Crippen LogP contribution is -2.48. The monoisotopic (exact) mass is 506 g/mol. The first-order valence-electron chi connectivity index (χ1n) is 14.2. The van der Waals surface area contributed by atoms with Crippen LogP contribution in [0.3, 0.4) is 0 Å². The Bertz CT molecular complexity index is 1390. The molecule has 38 heavy (non-hydrogen) atoms. The molecule has 0 amide bonds. The number of nitrogens with zero attached hydrogens (tertiary/aromatic N) is 3. The molecule has 2 aliphatic heterocycles. The standard InChI is InChI=1S/C34H42N4/c1-9-23-15-17-25(18-16-23)37-32(36-22(5)6)31(35)38-30-20-28(27-14-12-11-13-26(27)21(3)4)24(10-2)19-29(30)34(7,8)33(37)38/h11-22,33,35H,9-10H2,1-8H3/b35-31?,36-32+. The van der Waals surface area contributed by atoms with Crippen LogP contribution in [0.4, 0.5) is 11.4 Å². The molecule has 0 bridgehead atoms. The minimum Gasteiger partial charge on any atom is -0.301 e. The van der Waals surface area contributed by atoms with E-state index in [1.807, 2.05) is 0 Å². The smallest absolute Gasteiger partial charge is 0.173 e. The predicted molar refractivity (Wildman–Crippen MR) is 163 cm³/mol. The van der Waals surface area contributed by atoms with E-state index in [-0.39, 0.29) is 17.6 Å². The second-order valence-electron chi connectivity index (χ2n) is 11.9. The predicted octanol–water partition coefficient (Wildman–Crippen LogP) is 8.33. The number of amidine groups is 2. The molecule has 0 saturated carbocycles. The van der Waals surface area contributed by atoms with Gasteiger partial charge in [0, 0.05) is 22.8 Å². The molecule has 5 rings (SSSR count). The van der Waals surface area contributed by atoms with Gasteiger partial charge in [-0.3, -0.25) is 10.4 Å². The van der Waals surface area contributed by atoms with Crippen LogP contribution in [0.25, 0.3) is 11.1 Å². The second-order valence-corrected chi connectivity index (χ2v) is 11.9. The number of fused-ring (bicyclic) bond motifs is 3. The van der Waals surface area contributed by atoms with Crippen molar-refractivity contribution >= 4 is 23.0 Å². The average molecular weight is 507 g/mol. The minimum absolute atomic E-state index is 0.0460. The largest absolute Gasteiger partial charge is 0.301 e. The molecule has 1 unspecified atom stereocenters. The molecule has 0 spiro atoms. The van der Waals surface area contributed by atoms with Crippen LogP contribution < -0.4 is 9.80 Å². The maximum atomic E-state index is 9.43. The number of aryl methyl sites for hydroxylation is 2. The summed E-state index contributed by atoms with van der Waals surface area (Å²) >= 11 is 0. The van der Waals surface area contributed by atoms with Gasteiger partial charge >= 0.3 is 0 Å². The van der Waals surface area contributed by atoms with Crippen LogP contribution in [0.2, 0.25) is 0 Å². The first-order valence-corrected chi connectivity index (χ1v) is 14.2. The molecule has 1 saturated heterocycles. The molecule has 0 radical (unpaired) electrons. The first kappa shape index (κ1) is 26.2. The fraction of sp³-hybridized carbons (Fsp3) is 0.412. The Morgan fingerprint density at radius 3 is 2.16 bits per heavy atom. The maximum Gasteiger partial charge on any atom is 0.173 e. The van der Waals surface area contributed by atoms with Gasteiger partial charge in [0.25, 0.3) is 0 Å². The summed E-state index contributed by atoms with van der Waals surface area (Å²) in [6.07, 6.45) is 1.93. The Balaban J connectivity index is 1.73. The highest BCUT2D eigenvalue weighted by molar-refractivity contribution is 6.52. The fourth-order valence-electron chi connectivity index (χ4n) is 6.27. The number of hydrogen-bond donors (Lipinski definition) is 1. The minimum atomic E-state index is -0.209. The van der Waals surface area contributed by atoms with E-state index in [2.05, 4.69) is 126 Å². The van der Waals surface area contributed by atoms with Crippen LogP contribution in [-0.2, 0) is 18.3 Å². The highest BCUT2D eigenvalue weighted by Gasteiger charge is 2.56. The van der Waals surface area contributed by atoms with E-state index in [1.54, 1.807) is 0 Å². The number of aliphatic imine (C=N–C) groups is 1. The summed E-state index contributed by atoms with van der Waals surface area (Å²) < 4.78 is 0. The van der Waals surface area contributed by atoms with Gasteiger partial charge in [0.05, 0.1) is 0 Å². The van der Waals surface area contributed by atoms with Crippen LogP contribution in [0, 0.1) is 5.41 Å². The molecule has 1 atom stereocenters. The Morgan fingerprint density at radius 1 is 0.868 bits per heavy atom. The van der Waals surface area contributed by atoms with Crippen molar-refractivity contribution in [3.63, 3.8) is 0 Å². The highest BCUT2D eigenvalue weighted by Crippen LogP contribution is 2.52. The van der Waals surface area contributed by atoms with Gasteiger partial charge in [-0.1, -0.05) is 84.0 Å². The van der Waals surface area contributed by atoms with Crippen LogP contribution in [0.5, 0.6) is 0 Å². The van der Waals surface area contributed by atoms with E-state index in [4.69, 9.17) is 4.99 Å². The van der Waals surface area contributed by atoms with E-state index >= 15 is 0 Å². The van der Waals surface area contributed by atoms with Gasteiger partial charge in [-0.25, -0.2) is 0 Å². The van der Waals surface area contributed by atoms with E-state index in [1.165, 1.54) is 33.4 Å². The van der Waals surface area contributed by atoms with Crippen molar-refractivity contribution < 1.29 is 0 Å². The van der Waals surface area contributed by atoms with Crippen molar-refractivity contribution in [3.05, 3.63) is 82.9 Å². The average Bonchev–Trinajstić information content (AvgIpc) is 3.31. The number of benzene rings is 3. The summed E-state index contributed by atoms with van der Waals surface area (Å²) in [5.74, 6) is 1.68. The van der Waals surface area contributed by atoms with Gasteiger partial charge in [-0.05, 0) is 84.2 Å². The Morgan fingerprint density at radius 2 is 1.55 bits per heavy atom. The number of anilines is 2.